The van der Waals surface area contributed by atoms with Crippen molar-refractivity contribution in [1.29, 1.82) is 0 Å². The van der Waals surface area contributed by atoms with E-state index in [1.807, 2.05) is 5.32 Å². The molecule has 0 saturated heterocycles. The monoisotopic (exact) mass is 243 g/mol. The Labute approximate surface area is 86.8 Å². The minimum absolute atomic E-state index is 0.580. The highest BCUT2D eigenvalue weighted by molar-refractivity contribution is 7.55. The van der Waals surface area contributed by atoms with Crippen molar-refractivity contribution in [2.75, 3.05) is 21.0 Å². The highest BCUT2D eigenvalue weighted by Crippen LogP contribution is 2.53. The topological polar surface area (TPSA) is 103 Å². The summed E-state index contributed by atoms with van der Waals surface area (Å²) in [4.78, 5) is 19.6. The van der Waals surface area contributed by atoms with Gasteiger partial charge in [-0.15, -0.1) is 9.35 Å². The average molecular weight is 243 g/mol. The van der Waals surface area contributed by atoms with Crippen LogP contribution in [0.5, 0.6) is 0 Å². The van der Waals surface area contributed by atoms with Crippen LogP contribution in [0.4, 0.5) is 0 Å². The summed E-state index contributed by atoms with van der Waals surface area (Å²) in [6, 6.07) is 0. The summed E-state index contributed by atoms with van der Waals surface area (Å²) >= 11 is 0. The van der Waals surface area contributed by atoms with Gasteiger partial charge in [-0.3, -0.25) is 9.36 Å². The summed E-state index contributed by atoms with van der Waals surface area (Å²) in [5.41, 5.74) is -1.18. The van der Waals surface area contributed by atoms with Gasteiger partial charge in [0.25, 0.3) is 0 Å². The van der Waals surface area contributed by atoms with E-state index in [2.05, 4.69) is 19.1 Å². The second-order valence-corrected chi connectivity index (χ2v) is 4.55. The number of nitrogens with one attached hydrogen (secondary N) is 1. The molecule has 0 aliphatic heterocycles. The van der Waals surface area contributed by atoms with Crippen molar-refractivity contribution in [2.24, 2.45) is 0 Å². The zero-order valence-electron chi connectivity index (χ0n) is 8.63. The lowest BCUT2D eigenvalue weighted by molar-refractivity contribution is -0.243. The Bertz CT molecular complexity index is 236. The first-order valence-corrected chi connectivity index (χ1v) is 5.56. The SMILES string of the molecule is COOP(=O)(OOC)C(C)C(=O)NCO. The summed E-state index contributed by atoms with van der Waals surface area (Å²) in [5, 5.41) is 10.5. The zero-order valence-corrected chi connectivity index (χ0v) is 9.52. The molecule has 0 aliphatic rings. The Morgan fingerprint density at radius 1 is 1.40 bits per heavy atom. The Kier molecular flexibility index (Phi) is 6.66. The first-order chi connectivity index (χ1) is 7.01. The van der Waals surface area contributed by atoms with Crippen LogP contribution in [0.15, 0.2) is 0 Å². The van der Waals surface area contributed by atoms with Crippen molar-refractivity contribution < 1.29 is 33.6 Å². The first kappa shape index (κ1) is 14.5. The normalized spacial score (nSPS) is 13.6. The van der Waals surface area contributed by atoms with Gasteiger partial charge in [0.1, 0.15) is 12.4 Å². The van der Waals surface area contributed by atoms with E-state index in [1.165, 1.54) is 6.92 Å². The summed E-state index contributed by atoms with van der Waals surface area (Å²) < 4.78 is 20.5. The maximum atomic E-state index is 11.8. The Morgan fingerprint density at radius 3 is 2.20 bits per heavy atom. The van der Waals surface area contributed by atoms with Crippen molar-refractivity contribution in [1.82, 2.24) is 5.32 Å². The fourth-order valence-corrected chi connectivity index (χ4v) is 1.80. The quantitative estimate of drug-likeness (QED) is 0.276. The van der Waals surface area contributed by atoms with Gasteiger partial charge in [0.2, 0.25) is 5.91 Å². The van der Waals surface area contributed by atoms with E-state index in [4.69, 9.17) is 5.11 Å². The lowest BCUT2D eigenvalue weighted by Gasteiger charge is -2.19. The van der Waals surface area contributed by atoms with Crippen LogP contribution < -0.4 is 5.32 Å². The minimum atomic E-state index is -3.86. The van der Waals surface area contributed by atoms with Crippen LogP contribution in [0.25, 0.3) is 0 Å². The van der Waals surface area contributed by atoms with Crippen LogP contribution in [0, 0.1) is 0 Å². The van der Waals surface area contributed by atoms with E-state index in [1.54, 1.807) is 0 Å². The van der Waals surface area contributed by atoms with Crippen molar-refractivity contribution >= 4 is 13.5 Å². The van der Waals surface area contributed by atoms with Crippen LogP contribution >= 0.6 is 7.60 Å². The highest BCUT2D eigenvalue weighted by Gasteiger charge is 2.40. The van der Waals surface area contributed by atoms with Crippen LogP contribution in [0.1, 0.15) is 6.92 Å². The first-order valence-electron chi connectivity index (χ1n) is 3.95. The molecular formula is C6H14NO7P. The molecule has 0 radical (unpaired) electrons. The van der Waals surface area contributed by atoms with Crippen molar-refractivity contribution in [2.45, 2.75) is 12.6 Å². The lowest BCUT2D eigenvalue weighted by atomic mass is 10.4. The molecule has 90 valence electrons. The van der Waals surface area contributed by atoms with Crippen LogP contribution in [-0.2, 0) is 28.5 Å². The maximum Gasteiger partial charge on any atom is 0.396 e. The summed E-state index contributed by atoms with van der Waals surface area (Å²) in [6.07, 6.45) is 0. The fourth-order valence-electron chi connectivity index (χ4n) is 0.719. The zero-order chi connectivity index (χ0) is 11.9. The van der Waals surface area contributed by atoms with Crippen molar-refractivity contribution in [3.05, 3.63) is 0 Å². The van der Waals surface area contributed by atoms with Gasteiger partial charge in [-0.25, -0.2) is 9.78 Å². The molecule has 0 spiro atoms. The summed E-state index contributed by atoms with van der Waals surface area (Å²) in [7, 11) is -1.64. The van der Waals surface area contributed by atoms with Gasteiger partial charge in [-0.05, 0) is 6.92 Å². The number of aliphatic hydroxyl groups is 1. The third kappa shape index (κ3) is 4.25. The Balaban J connectivity index is 4.60. The second-order valence-electron chi connectivity index (χ2n) is 2.40. The van der Waals surface area contributed by atoms with Crippen molar-refractivity contribution in [3.8, 4) is 0 Å². The van der Waals surface area contributed by atoms with E-state index in [0.29, 0.717) is 0 Å². The second kappa shape index (κ2) is 6.89. The molecule has 0 aliphatic carbocycles. The van der Waals surface area contributed by atoms with Crippen LogP contribution in [0.2, 0.25) is 0 Å². The number of amides is 1. The molecule has 1 unspecified atom stereocenters. The van der Waals surface area contributed by atoms with Gasteiger partial charge in [0, 0.05) is 0 Å². The fraction of sp³-hybridized carbons (Fsp3) is 0.833. The van der Waals surface area contributed by atoms with E-state index in [0.717, 1.165) is 14.2 Å². The van der Waals surface area contributed by atoms with E-state index < -0.39 is 25.9 Å². The molecule has 0 aromatic carbocycles. The molecule has 0 aromatic rings. The number of carbonyl (C=O) groups is 1. The molecular weight excluding hydrogens is 229 g/mol. The summed E-state index contributed by atoms with van der Waals surface area (Å²) in [5.74, 6) is -0.713. The molecule has 1 atom stereocenters. The molecule has 9 heteroatoms. The van der Waals surface area contributed by atoms with E-state index in [-0.39, 0.29) is 0 Å². The van der Waals surface area contributed by atoms with Gasteiger partial charge >= 0.3 is 7.60 Å². The number of hydrogen-bond donors (Lipinski definition) is 2. The maximum absolute atomic E-state index is 11.8. The van der Waals surface area contributed by atoms with Crippen LogP contribution in [-0.4, -0.2) is 37.6 Å². The molecule has 0 rings (SSSR count). The molecule has 0 aromatic heterocycles. The summed E-state index contributed by atoms with van der Waals surface area (Å²) in [6.45, 7) is 0.701. The minimum Gasteiger partial charge on any atom is -0.377 e. The van der Waals surface area contributed by atoms with Crippen molar-refractivity contribution in [3.63, 3.8) is 0 Å². The standard InChI is InChI=1S/C6H14NO7P/c1-5(6(9)7-4-8)15(10,13-11-2)14-12-3/h5,8H,4H2,1-3H3,(H,7,9). The molecule has 0 fully saturated rings. The third-order valence-electron chi connectivity index (χ3n) is 1.46. The van der Waals surface area contributed by atoms with Crippen LogP contribution in [0.3, 0.4) is 0 Å². The molecule has 1 amide bonds. The average Bonchev–Trinajstić information content (AvgIpc) is 2.17. The Morgan fingerprint density at radius 2 is 1.87 bits per heavy atom. The number of hydrogen-bond acceptors (Lipinski definition) is 7. The largest absolute Gasteiger partial charge is 0.396 e. The Hall–Kier alpha value is -0.500. The van der Waals surface area contributed by atoms with Gasteiger partial charge in [-0.2, -0.15) is 0 Å². The molecule has 2 N–H and O–H groups in total. The third-order valence-corrected chi connectivity index (χ3v) is 3.36. The van der Waals surface area contributed by atoms with Gasteiger partial charge in [0.05, 0.1) is 14.2 Å². The van der Waals surface area contributed by atoms with E-state index in [9.17, 15) is 9.36 Å². The predicted molar refractivity (Wildman–Crippen MR) is 48.5 cm³/mol. The predicted octanol–water partition coefficient (Wildman–Crippen LogP) is -0.210. The number of carbonyl (C=O) groups excluding carboxylic acids is 1. The highest BCUT2D eigenvalue weighted by atomic mass is 31.2. The molecule has 15 heavy (non-hydrogen) atoms. The molecule has 0 saturated carbocycles. The van der Waals surface area contributed by atoms with Gasteiger partial charge < -0.3 is 10.4 Å². The molecule has 0 bridgehead atoms. The van der Waals surface area contributed by atoms with E-state index >= 15 is 0 Å². The van der Waals surface area contributed by atoms with Gasteiger partial charge in [-0.1, -0.05) is 0 Å². The smallest absolute Gasteiger partial charge is 0.377 e. The lowest BCUT2D eigenvalue weighted by Crippen LogP contribution is -2.34. The molecule has 8 nitrogen and oxygen atoms in total. The van der Waals surface area contributed by atoms with Gasteiger partial charge in [0.15, 0.2) is 0 Å². The number of aliphatic hydroxyl groups excluding tert-OH is 1. The number of rotatable bonds is 7. The molecule has 0 heterocycles.